The first-order valence-electron chi connectivity index (χ1n) is 6.30. The molecular formula is C14H17N3. The summed E-state index contributed by atoms with van der Waals surface area (Å²) in [4.78, 5) is 0. The highest BCUT2D eigenvalue weighted by Gasteiger charge is 2.23. The van der Waals surface area contributed by atoms with Crippen LogP contribution in [0.1, 0.15) is 32.2 Å². The molecule has 0 spiro atoms. The Kier molecular flexibility index (Phi) is 2.67. The van der Waals surface area contributed by atoms with E-state index in [1.54, 1.807) is 0 Å². The molecule has 0 aliphatic heterocycles. The highest BCUT2D eigenvalue weighted by atomic mass is 15.4. The summed E-state index contributed by atoms with van der Waals surface area (Å²) < 4.78 is 2.05. The second-order valence-electron chi connectivity index (χ2n) is 5.02. The van der Waals surface area contributed by atoms with E-state index in [0.29, 0.717) is 6.04 Å². The van der Waals surface area contributed by atoms with Gasteiger partial charge in [-0.2, -0.15) is 0 Å². The number of hydrogen-bond donors (Lipinski definition) is 0. The second kappa shape index (κ2) is 4.32. The van der Waals surface area contributed by atoms with Crippen LogP contribution in [0.5, 0.6) is 0 Å². The third kappa shape index (κ3) is 2.09. The van der Waals surface area contributed by atoms with Gasteiger partial charge >= 0.3 is 0 Å². The Balaban J connectivity index is 1.84. The molecule has 0 bridgehead atoms. The van der Waals surface area contributed by atoms with Crippen molar-refractivity contribution in [1.29, 1.82) is 0 Å². The first-order chi connectivity index (χ1) is 8.33. The van der Waals surface area contributed by atoms with Crippen LogP contribution in [0, 0.1) is 5.92 Å². The van der Waals surface area contributed by atoms with Gasteiger partial charge in [0.1, 0.15) is 5.69 Å². The van der Waals surface area contributed by atoms with Gasteiger partial charge in [0.15, 0.2) is 0 Å². The van der Waals surface area contributed by atoms with E-state index in [0.717, 1.165) is 17.2 Å². The average Bonchev–Trinajstić information content (AvgIpc) is 2.98. The van der Waals surface area contributed by atoms with Gasteiger partial charge < -0.3 is 0 Å². The van der Waals surface area contributed by atoms with Gasteiger partial charge in [0, 0.05) is 5.56 Å². The monoisotopic (exact) mass is 227 g/mol. The molecule has 1 heterocycles. The Morgan fingerprint density at radius 3 is 2.71 bits per heavy atom. The second-order valence-corrected chi connectivity index (χ2v) is 5.02. The van der Waals surface area contributed by atoms with Crippen molar-refractivity contribution in [3.05, 3.63) is 36.5 Å². The van der Waals surface area contributed by atoms with Gasteiger partial charge in [-0.3, -0.25) is 0 Å². The van der Waals surface area contributed by atoms with Gasteiger partial charge in [-0.15, -0.1) is 5.10 Å². The van der Waals surface area contributed by atoms with Crippen LogP contribution in [-0.2, 0) is 0 Å². The predicted molar refractivity (Wildman–Crippen MR) is 67.5 cm³/mol. The van der Waals surface area contributed by atoms with Crippen molar-refractivity contribution < 1.29 is 0 Å². The van der Waals surface area contributed by atoms with Crippen LogP contribution in [0.3, 0.4) is 0 Å². The summed E-state index contributed by atoms with van der Waals surface area (Å²) in [5.41, 5.74) is 2.12. The standard InChI is InChI=1S/C14H17N3/c1-11-7-8-13(9-11)17-10-14(15-16-17)12-5-3-2-4-6-12/h2-6,10-11,13H,7-9H2,1H3. The molecule has 1 aliphatic carbocycles. The third-order valence-corrected chi connectivity index (χ3v) is 3.62. The van der Waals surface area contributed by atoms with E-state index in [9.17, 15) is 0 Å². The molecule has 2 aromatic rings. The van der Waals surface area contributed by atoms with Crippen molar-refractivity contribution in [2.24, 2.45) is 5.92 Å². The molecule has 2 unspecified atom stereocenters. The Morgan fingerprint density at radius 2 is 2.00 bits per heavy atom. The number of benzene rings is 1. The fourth-order valence-electron chi connectivity index (χ4n) is 2.61. The van der Waals surface area contributed by atoms with Crippen LogP contribution >= 0.6 is 0 Å². The van der Waals surface area contributed by atoms with Gasteiger partial charge in [0.25, 0.3) is 0 Å². The SMILES string of the molecule is CC1CCC(n2cc(-c3ccccc3)nn2)C1. The average molecular weight is 227 g/mol. The summed E-state index contributed by atoms with van der Waals surface area (Å²) >= 11 is 0. The molecule has 2 atom stereocenters. The molecule has 1 aromatic heterocycles. The summed E-state index contributed by atoms with van der Waals surface area (Å²) in [7, 11) is 0. The van der Waals surface area contributed by atoms with Gasteiger partial charge in [0.05, 0.1) is 12.2 Å². The van der Waals surface area contributed by atoms with E-state index in [1.165, 1.54) is 19.3 Å². The molecule has 0 N–H and O–H groups in total. The van der Waals surface area contributed by atoms with Crippen molar-refractivity contribution in [2.75, 3.05) is 0 Å². The molecule has 0 saturated heterocycles. The highest BCUT2D eigenvalue weighted by molar-refractivity contribution is 5.57. The summed E-state index contributed by atoms with van der Waals surface area (Å²) in [6.45, 7) is 2.31. The van der Waals surface area contributed by atoms with Gasteiger partial charge in [-0.25, -0.2) is 4.68 Å². The van der Waals surface area contributed by atoms with Crippen LogP contribution in [0.25, 0.3) is 11.3 Å². The Hall–Kier alpha value is -1.64. The lowest BCUT2D eigenvalue weighted by Crippen LogP contribution is -2.05. The largest absolute Gasteiger partial charge is 0.249 e. The van der Waals surface area contributed by atoms with E-state index in [1.807, 2.05) is 22.9 Å². The fourth-order valence-corrected chi connectivity index (χ4v) is 2.61. The highest BCUT2D eigenvalue weighted by Crippen LogP contribution is 2.33. The van der Waals surface area contributed by atoms with E-state index < -0.39 is 0 Å². The third-order valence-electron chi connectivity index (χ3n) is 3.62. The maximum atomic E-state index is 4.28. The lowest BCUT2D eigenvalue weighted by atomic mass is 10.1. The summed E-state index contributed by atoms with van der Waals surface area (Å²) in [6.07, 6.45) is 5.86. The predicted octanol–water partition coefficient (Wildman–Crippen LogP) is 3.31. The molecule has 88 valence electrons. The van der Waals surface area contributed by atoms with Crippen molar-refractivity contribution >= 4 is 0 Å². The van der Waals surface area contributed by atoms with Crippen LogP contribution < -0.4 is 0 Å². The quantitative estimate of drug-likeness (QED) is 0.788. The first kappa shape index (κ1) is 10.5. The number of rotatable bonds is 2. The zero-order valence-corrected chi connectivity index (χ0v) is 10.1. The topological polar surface area (TPSA) is 30.7 Å². The van der Waals surface area contributed by atoms with Gasteiger partial charge in [-0.05, 0) is 25.2 Å². The molecular weight excluding hydrogens is 210 g/mol. The number of hydrogen-bond acceptors (Lipinski definition) is 2. The summed E-state index contributed by atoms with van der Waals surface area (Å²) in [6, 6.07) is 10.8. The van der Waals surface area contributed by atoms with Gasteiger partial charge in [-0.1, -0.05) is 42.5 Å². The summed E-state index contributed by atoms with van der Waals surface area (Å²) in [5.74, 6) is 0.823. The molecule has 0 radical (unpaired) electrons. The molecule has 3 nitrogen and oxygen atoms in total. The number of aromatic nitrogens is 3. The van der Waals surface area contributed by atoms with E-state index in [4.69, 9.17) is 0 Å². The minimum Gasteiger partial charge on any atom is -0.249 e. The van der Waals surface area contributed by atoms with E-state index in [2.05, 4.69) is 35.6 Å². The molecule has 17 heavy (non-hydrogen) atoms. The van der Waals surface area contributed by atoms with E-state index >= 15 is 0 Å². The summed E-state index contributed by atoms with van der Waals surface area (Å²) in [5, 5.41) is 8.54. The molecule has 1 aromatic carbocycles. The molecule has 3 rings (SSSR count). The lowest BCUT2D eigenvalue weighted by Gasteiger charge is -2.08. The van der Waals surface area contributed by atoms with Crippen molar-refractivity contribution in [1.82, 2.24) is 15.0 Å². The molecule has 1 fully saturated rings. The number of nitrogens with zero attached hydrogens (tertiary/aromatic N) is 3. The zero-order chi connectivity index (χ0) is 11.7. The van der Waals surface area contributed by atoms with Gasteiger partial charge in [0.2, 0.25) is 0 Å². The Morgan fingerprint density at radius 1 is 1.18 bits per heavy atom. The molecule has 3 heteroatoms. The van der Waals surface area contributed by atoms with Crippen LogP contribution in [0.15, 0.2) is 36.5 Å². The Labute approximate surface area is 101 Å². The van der Waals surface area contributed by atoms with Crippen LogP contribution in [0.4, 0.5) is 0 Å². The maximum Gasteiger partial charge on any atom is 0.113 e. The zero-order valence-electron chi connectivity index (χ0n) is 10.1. The molecule has 1 saturated carbocycles. The minimum absolute atomic E-state index is 0.551. The Bertz CT molecular complexity index is 489. The first-order valence-corrected chi connectivity index (χ1v) is 6.30. The fraction of sp³-hybridized carbons (Fsp3) is 0.429. The smallest absolute Gasteiger partial charge is 0.113 e. The normalized spacial score (nSPS) is 24.1. The lowest BCUT2D eigenvalue weighted by molar-refractivity contribution is 0.439. The molecule has 1 aliphatic rings. The minimum atomic E-state index is 0.551. The van der Waals surface area contributed by atoms with Crippen molar-refractivity contribution in [3.63, 3.8) is 0 Å². The van der Waals surface area contributed by atoms with Crippen molar-refractivity contribution in [2.45, 2.75) is 32.2 Å². The van der Waals surface area contributed by atoms with Crippen molar-refractivity contribution in [3.8, 4) is 11.3 Å². The van der Waals surface area contributed by atoms with Crippen LogP contribution in [-0.4, -0.2) is 15.0 Å². The van der Waals surface area contributed by atoms with E-state index in [-0.39, 0.29) is 0 Å². The maximum absolute atomic E-state index is 4.28. The molecule has 0 amide bonds. The van der Waals surface area contributed by atoms with Crippen LogP contribution in [0.2, 0.25) is 0 Å².